The van der Waals surface area contributed by atoms with E-state index in [-0.39, 0.29) is 26.1 Å². The van der Waals surface area contributed by atoms with Crippen molar-refractivity contribution in [2.24, 2.45) is 0 Å². The first-order valence-electron chi connectivity index (χ1n) is 6.90. The van der Waals surface area contributed by atoms with Crippen molar-refractivity contribution in [3.8, 4) is 6.07 Å². The normalized spacial score (nSPS) is 10.5. The minimum atomic E-state index is -1.58. The number of benzene rings is 1. The summed E-state index contributed by atoms with van der Waals surface area (Å²) in [7, 11) is 0. The molecule has 0 fully saturated rings. The van der Waals surface area contributed by atoms with Crippen LogP contribution in [0.15, 0.2) is 30.3 Å². The van der Waals surface area contributed by atoms with Gasteiger partial charge in [-0.1, -0.05) is 30.3 Å². The Bertz CT molecular complexity index is 501. The van der Waals surface area contributed by atoms with E-state index in [1.54, 1.807) is 44.2 Å². The molecule has 0 atom stereocenters. The highest BCUT2D eigenvalue weighted by atomic mass is 16.6. The maximum Gasteiger partial charge on any atom is 0.328 e. The third-order valence-corrected chi connectivity index (χ3v) is 3.13. The standard InChI is InChI=1S/C16H19NO4/c1-3-20-14(18)16(11-8-12-17,15(19)21-4-2)13-9-6-5-7-10-13/h5-7,9-10H,3-4,8,11H2,1-2H3. The first-order chi connectivity index (χ1) is 10.1. The molecule has 112 valence electrons. The topological polar surface area (TPSA) is 76.4 Å². The molecule has 21 heavy (non-hydrogen) atoms. The number of carbonyl (C=O) groups is 2. The maximum absolute atomic E-state index is 12.5. The van der Waals surface area contributed by atoms with Gasteiger partial charge in [0, 0.05) is 6.42 Å². The minimum absolute atomic E-state index is 0.0329. The zero-order valence-corrected chi connectivity index (χ0v) is 12.3. The largest absolute Gasteiger partial charge is 0.465 e. The molecular formula is C16H19NO4. The molecule has 0 aromatic heterocycles. The van der Waals surface area contributed by atoms with E-state index in [0.717, 1.165) is 0 Å². The van der Waals surface area contributed by atoms with E-state index < -0.39 is 17.4 Å². The summed E-state index contributed by atoms with van der Waals surface area (Å²) >= 11 is 0. The lowest BCUT2D eigenvalue weighted by atomic mass is 9.76. The Morgan fingerprint density at radius 3 is 2.05 bits per heavy atom. The van der Waals surface area contributed by atoms with Gasteiger partial charge in [-0.05, 0) is 25.8 Å². The van der Waals surface area contributed by atoms with Gasteiger partial charge >= 0.3 is 11.9 Å². The maximum atomic E-state index is 12.5. The fourth-order valence-electron chi connectivity index (χ4n) is 2.14. The van der Waals surface area contributed by atoms with Crippen LogP contribution in [0.25, 0.3) is 0 Å². The van der Waals surface area contributed by atoms with Crippen LogP contribution in [0, 0.1) is 11.3 Å². The number of ether oxygens (including phenoxy) is 2. The summed E-state index contributed by atoms with van der Waals surface area (Å²) in [6.45, 7) is 3.64. The van der Waals surface area contributed by atoms with Gasteiger partial charge in [-0.25, -0.2) is 0 Å². The molecule has 0 saturated heterocycles. The number of esters is 2. The Kier molecular flexibility index (Phi) is 6.41. The van der Waals surface area contributed by atoms with Crippen molar-refractivity contribution in [1.82, 2.24) is 0 Å². The zero-order valence-electron chi connectivity index (χ0n) is 12.3. The van der Waals surface area contributed by atoms with E-state index in [0.29, 0.717) is 5.56 Å². The van der Waals surface area contributed by atoms with Crippen LogP contribution in [0.4, 0.5) is 0 Å². The second-order valence-electron chi connectivity index (χ2n) is 4.37. The van der Waals surface area contributed by atoms with Crippen molar-refractivity contribution >= 4 is 11.9 Å². The number of carbonyl (C=O) groups excluding carboxylic acids is 2. The number of nitriles is 1. The third-order valence-electron chi connectivity index (χ3n) is 3.13. The third kappa shape index (κ3) is 3.60. The van der Waals surface area contributed by atoms with Crippen molar-refractivity contribution in [1.29, 1.82) is 5.26 Å². The molecule has 0 bridgehead atoms. The summed E-state index contributed by atoms with van der Waals surface area (Å²) in [4.78, 5) is 24.9. The van der Waals surface area contributed by atoms with Crippen molar-refractivity contribution in [2.45, 2.75) is 32.1 Å². The van der Waals surface area contributed by atoms with E-state index in [9.17, 15) is 9.59 Å². The molecule has 1 aromatic rings. The number of nitrogens with zero attached hydrogens (tertiary/aromatic N) is 1. The quantitative estimate of drug-likeness (QED) is 0.569. The van der Waals surface area contributed by atoms with Crippen LogP contribution < -0.4 is 0 Å². The summed E-state index contributed by atoms with van der Waals surface area (Å²) in [6.07, 6.45) is 0.0811. The van der Waals surface area contributed by atoms with Crippen LogP contribution in [0.3, 0.4) is 0 Å². The van der Waals surface area contributed by atoms with E-state index in [2.05, 4.69) is 0 Å². The van der Waals surface area contributed by atoms with Crippen LogP contribution in [0.2, 0.25) is 0 Å². The summed E-state index contributed by atoms with van der Waals surface area (Å²) < 4.78 is 10.2. The van der Waals surface area contributed by atoms with Gasteiger partial charge < -0.3 is 9.47 Å². The Labute approximate surface area is 124 Å². The molecule has 5 heteroatoms. The molecule has 0 unspecified atom stereocenters. The van der Waals surface area contributed by atoms with Gasteiger partial charge in [0.05, 0.1) is 19.3 Å². The smallest absolute Gasteiger partial charge is 0.328 e. The lowest BCUT2D eigenvalue weighted by Gasteiger charge is -2.28. The van der Waals surface area contributed by atoms with Crippen LogP contribution in [0.1, 0.15) is 32.3 Å². The average molecular weight is 289 g/mol. The molecule has 0 amide bonds. The number of hydrogen-bond donors (Lipinski definition) is 0. The molecule has 0 aliphatic rings. The molecule has 0 N–H and O–H groups in total. The van der Waals surface area contributed by atoms with Crippen molar-refractivity contribution < 1.29 is 19.1 Å². The monoisotopic (exact) mass is 289 g/mol. The van der Waals surface area contributed by atoms with Gasteiger partial charge in [0.1, 0.15) is 0 Å². The predicted molar refractivity (Wildman–Crippen MR) is 76.2 cm³/mol. The molecule has 1 aromatic carbocycles. The summed E-state index contributed by atoms with van der Waals surface area (Å²) in [6, 6.07) is 10.6. The lowest BCUT2D eigenvalue weighted by molar-refractivity contribution is -0.165. The zero-order chi connectivity index (χ0) is 15.7. The molecule has 5 nitrogen and oxygen atoms in total. The summed E-state index contributed by atoms with van der Waals surface area (Å²) in [5, 5.41) is 8.85. The Balaban J connectivity index is 3.37. The van der Waals surface area contributed by atoms with Crippen LogP contribution in [-0.4, -0.2) is 25.2 Å². The highest BCUT2D eigenvalue weighted by Crippen LogP contribution is 2.33. The van der Waals surface area contributed by atoms with Crippen molar-refractivity contribution in [3.05, 3.63) is 35.9 Å². The van der Waals surface area contributed by atoms with E-state index >= 15 is 0 Å². The summed E-state index contributed by atoms with van der Waals surface area (Å²) in [5.41, 5.74) is -1.10. The fraction of sp³-hybridized carbons (Fsp3) is 0.438. The molecule has 1 rings (SSSR count). The first-order valence-corrected chi connectivity index (χ1v) is 6.90. The highest BCUT2D eigenvalue weighted by Gasteiger charge is 2.50. The average Bonchev–Trinajstić information content (AvgIpc) is 2.50. The highest BCUT2D eigenvalue weighted by molar-refractivity contribution is 6.06. The Morgan fingerprint density at radius 1 is 1.10 bits per heavy atom. The van der Waals surface area contributed by atoms with Crippen molar-refractivity contribution in [2.75, 3.05) is 13.2 Å². The second-order valence-corrected chi connectivity index (χ2v) is 4.37. The number of hydrogen-bond acceptors (Lipinski definition) is 5. The molecule has 0 spiro atoms. The SMILES string of the molecule is CCOC(=O)C(CCC#N)(C(=O)OCC)c1ccccc1. The number of rotatable bonds is 7. The van der Waals surface area contributed by atoms with Crippen LogP contribution >= 0.6 is 0 Å². The summed E-state index contributed by atoms with van der Waals surface area (Å²) in [5.74, 6) is -1.35. The molecular weight excluding hydrogens is 270 g/mol. The lowest BCUT2D eigenvalue weighted by Crippen LogP contribution is -2.46. The predicted octanol–water partition coefficient (Wildman–Crippen LogP) is 2.35. The molecule has 0 aliphatic carbocycles. The molecule has 0 heterocycles. The van der Waals surface area contributed by atoms with E-state index in [1.807, 2.05) is 6.07 Å². The van der Waals surface area contributed by atoms with Gasteiger partial charge in [-0.2, -0.15) is 5.26 Å². The van der Waals surface area contributed by atoms with Crippen LogP contribution in [-0.2, 0) is 24.5 Å². The van der Waals surface area contributed by atoms with E-state index in [1.165, 1.54) is 0 Å². The molecule has 0 aliphatic heterocycles. The molecule has 0 radical (unpaired) electrons. The van der Waals surface area contributed by atoms with Gasteiger partial charge in [-0.3, -0.25) is 9.59 Å². The van der Waals surface area contributed by atoms with Gasteiger partial charge in [0.15, 0.2) is 5.41 Å². The minimum Gasteiger partial charge on any atom is -0.465 e. The second kappa shape index (κ2) is 8.05. The van der Waals surface area contributed by atoms with Gasteiger partial charge in [0.2, 0.25) is 0 Å². The Morgan fingerprint density at radius 2 is 1.62 bits per heavy atom. The Hall–Kier alpha value is -2.35. The van der Waals surface area contributed by atoms with Gasteiger partial charge in [-0.15, -0.1) is 0 Å². The first kappa shape index (κ1) is 16.7. The fourth-order valence-corrected chi connectivity index (χ4v) is 2.14. The molecule has 0 saturated carbocycles. The van der Waals surface area contributed by atoms with Gasteiger partial charge in [0.25, 0.3) is 0 Å². The van der Waals surface area contributed by atoms with E-state index in [4.69, 9.17) is 14.7 Å². The van der Waals surface area contributed by atoms with Crippen LogP contribution in [0.5, 0.6) is 0 Å². The van der Waals surface area contributed by atoms with Crippen molar-refractivity contribution in [3.63, 3.8) is 0 Å².